The van der Waals surface area contributed by atoms with Gasteiger partial charge in [-0.2, -0.15) is 0 Å². The van der Waals surface area contributed by atoms with Crippen LogP contribution in [0.25, 0.3) is 10.9 Å². The van der Waals surface area contributed by atoms with Gasteiger partial charge in [-0.05, 0) is 38.0 Å². The third kappa shape index (κ3) is 2.56. The smallest absolute Gasteiger partial charge is 0.0703 e. The van der Waals surface area contributed by atoms with E-state index in [9.17, 15) is 0 Å². The summed E-state index contributed by atoms with van der Waals surface area (Å²) in [5, 5.41) is 1.23. The van der Waals surface area contributed by atoms with Crippen LogP contribution in [0.3, 0.4) is 0 Å². The highest BCUT2D eigenvalue weighted by atomic mass is 16.5. The Bertz CT molecular complexity index is 574. The molecule has 3 rings (SSSR count). The molecule has 1 aromatic carbocycles. The SMILES string of the molecule is COC1CCN(c2cnc3ccc(C)cc3c2)CC1. The van der Waals surface area contributed by atoms with E-state index in [1.54, 1.807) is 7.11 Å². The second-order valence-electron chi connectivity index (χ2n) is 5.31. The predicted octanol–water partition coefficient (Wildman–Crippen LogP) is 3.16. The molecule has 0 atom stereocenters. The molecule has 0 unspecified atom stereocenters. The zero-order valence-corrected chi connectivity index (χ0v) is 11.6. The van der Waals surface area contributed by atoms with Gasteiger partial charge in [0.15, 0.2) is 0 Å². The maximum Gasteiger partial charge on any atom is 0.0703 e. The lowest BCUT2D eigenvalue weighted by atomic mass is 10.1. The fourth-order valence-corrected chi connectivity index (χ4v) is 2.76. The summed E-state index contributed by atoms with van der Waals surface area (Å²) in [6.45, 7) is 4.23. The van der Waals surface area contributed by atoms with Gasteiger partial charge in [-0.1, -0.05) is 11.6 Å². The van der Waals surface area contributed by atoms with Crippen molar-refractivity contribution in [3.63, 3.8) is 0 Å². The number of benzene rings is 1. The molecule has 1 fully saturated rings. The van der Waals surface area contributed by atoms with E-state index in [0.717, 1.165) is 31.4 Å². The molecule has 0 saturated carbocycles. The van der Waals surface area contributed by atoms with Gasteiger partial charge < -0.3 is 9.64 Å². The topological polar surface area (TPSA) is 25.4 Å². The Balaban J connectivity index is 1.85. The normalized spacial score (nSPS) is 17.1. The molecule has 0 spiro atoms. The molecule has 3 nitrogen and oxygen atoms in total. The van der Waals surface area contributed by atoms with Crippen molar-refractivity contribution in [3.05, 3.63) is 36.0 Å². The van der Waals surface area contributed by atoms with Crippen LogP contribution in [0.2, 0.25) is 0 Å². The average molecular weight is 256 g/mol. The third-order valence-corrected chi connectivity index (χ3v) is 3.96. The summed E-state index contributed by atoms with van der Waals surface area (Å²) < 4.78 is 5.42. The summed E-state index contributed by atoms with van der Waals surface area (Å²) in [6, 6.07) is 8.65. The van der Waals surface area contributed by atoms with Gasteiger partial charge in [0.2, 0.25) is 0 Å². The average Bonchev–Trinajstić information content (AvgIpc) is 2.46. The van der Waals surface area contributed by atoms with Crippen LogP contribution in [-0.4, -0.2) is 31.3 Å². The van der Waals surface area contributed by atoms with Crippen LogP contribution in [0.5, 0.6) is 0 Å². The van der Waals surface area contributed by atoms with Crippen LogP contribution in [0.1, 0.15) is 18.4 Å². The number of anilines is 1. The van der Waals surface area contributed by atoms with Crippen molar-refractivity contribution < 1.29 is 4.74 Å². The predicted molar refractivity (Wildman–Crippen MR) is 78.7 cm³/mol. The fraction of sp³-hybridized carbons (Fsp3) is 0.438. The molecule has 2 heterocycles. The summed E-state index contributed by atoms with van der Waals surface area (Å²) in [7, 11) is 1.81. The molecule has 2 aromatic rings. The van der Waals surface area contributed by atoms with Crippen molar-refractivity contribution in [2.45, 2.75) is 25.9 Å². The lowest BCUT2D eigenvalue weighted by Crippen LogP contribution is -2.36. The summed E-state index contributed by atoms with van der Waals surface area (Å²) in [5.74, 6) is 0. The van der Waals surface area contributed by atoms with Crippen molar-refractivity contribution >= 4 is 16.6 Å². The first kappa shape index (κ1) is 12.4. The molecular weight excluding hydrogens is 236 g/mol. The highest BCUT2D eigenvalue weighted by molar-refractivity contribution is 5.82. The first-order valence-corrected chi connectivity index (χ1v) is 6.90. The summed E-state index contributed by atoms with van der Waals surface area (Å²) in [5.41, 5.74) is 3.58. The molecule has 1 aromatic heterocycles. The van der Waals surface area contributed by atoms with Crippen molar-refractivity contribution in [1.29, 1.82) is 0 Å². The maximum atomic E-state index is 5.42. The van der Waals surface area contributed by atoms with E-state index in [-0.39, 0.29) is 0 Å². The maximum absolute atomic E-state index is 5.42. The Labute approximate surface area is 114 Å². The Hall–Kier alpha value is -1.61. The van der Waals surface area contributed by atoms with Crippen LogP contribution in [-0.2, 0) is 4.74 Å². The van der Waals surface area contributed by atoms with Crippen molar-refractivity contribution in [2.24, 2.45) is 0 Å². The highest BCUT2D eigenvalue weighted by Crippen LogP contribution is 2.24. The van der Waals surface area contributed by atoms with E-state index in [1.807, 2.05) is 6.20 Å². The summed E-state index contributed by atoms with van der Waals surface area (Å²) in [4.78, 5) is 6.97. The zero-order valence-electron chi connectivity index (χ0n) is 11.6. The molecule has 1 saturated heterocycles. The number of hydrogen-bond donors (Lipinski definition) is 0. The number of aryl methyl sites for hydroxylation is 1. The van der Waals surface area contributed by atoms with Gasteiger partial charge in [0.25, 0.3) is 0 Å². The van der Waals surface area contributed by atoms with Gasteiger partial charge in [0.05, 0.1) is 23.5 Å². The Kier molecular flexibility index (Phi) is 3.38. The number of piperidine rings is 1. The lowest BCUT2D eigenvalue weighted by Gasteiger charge is -2.32. The molecule has 1 aliphatic rings. The first-order valence-electron chi connectivity index (χ1n) is 6.90. The van der Waals surface area contributed by atoms with Gasteiger partial charge in [0, 0.05) is 25.6 Å². The summed E-state index contributed by atoms with van der Waals surface area (Å²) >= 11 is 0. The van der Waals surface area contributed by atoms with Crippen LogP contribution in [0, 0.1) is 6.92 Å². The van der Waals surface area contributed by atoms with Crippen molar-refractivity contribution in [2.75, 3.05) is 25.1 Å². The van der Waals surface area contributed by atoms with Crippen LogP contribution in [0.4, 0.5) is 5.69 Å². The molecular formula is C16H20N2O. The molecule has 0 amide bonds. The monoisotopic (exact) mass is 256 g/mol. The quantitative estimate of drug-likeness (QED) is 0.825. The second-order valence-corrected chi connectivity index (χ2v) is 5.31. The number of nitrogens with zero attached hydrogens (tertiary/aromatic N) is 2. The largest absolute Gasteiger partial charge is 0.381 e. The zero-order chi connectivity index (χ0) is 13.2. The van der Waals surface area contributed by atoms with E-state index in [1.165, 1.54) is 16.6 Å². The van der Waals surface area contributed by atoms with Gasteiger partial charge in [-0.15, -0.1) is 0 Å². The van der Waals surface area contributed by atoms with E-state index in [2.05, 4.69) is 41.1 Å². The van der Waals surface area contributed by atoms with E-state index < -0.39 is 0 Å². The van der Waals surface area contributed by atoms with Gasteiger partial charge >= 0.3 is 0 Å². The number of ether oxygens (including phenoxy) is 1. The highest BCUT2D eigenvalue weighted by Gasteiger charge is 2.19. The fourth-order valence-electron chi connectivity index (χ4n) is 2.76. The number of fused-ring (bicyclic) bond motifs is 1. The molecule has 0 aliphatic carbocycles. The van der Waals surface area contributed by atoms with Gasteiger partial charge in [-0.3, -0.25) is 4.98 Å². The molecule has 3 heteroatoms. The van der Waals surface area contributed by atoms with E-state index in [4.69, 9.17) is 4.74 Å². The molecule has 0 radical (unpaired) electrons. The molecule has 100 valence electrons. The number of methoxy groups -OCH3 is 1. The number of pyridine rings is 1. The number of hydrogen-bond acceptors (Lipinski definition) is 3. The van der Waals surface area contributed by atoms with Gasteiger partial charge in [-0.25, -0.2) is 0 Å². The number of aromatic nitrogens is 1. The Morgan fingerprint density at radius 3 is 2.74 bits per heavy atom. The Morgan fingerprint density at radius 2 is 2.00 bits per heavy atom. The minimum absolute atomic E-state index is 0.423. The number of rotatable bonds is 2. The second kappa shape index (κ2) is 5.17. The van der Waals surface area contributed by atoms with Crippen molar-refractivity contribution in [3.8, 4) is 0 Å². The minimum atomic E-state index is 0.423. The molecule has 0 N–H and O–H groups in total. The minimum Gasteiger partial charge on any atom is -0.381 e. The first-order chi connectivity index (χ1) is 9.26. The molecule has 0 bridgehead atoms. The van der Waals surface area contributed by atoms with E-state index >= 15 is 0 Å². The lowest BCUT2D eigenvalue weighted by molar-refractivity contribution is 0.0819. The van der Waals surface area contributed by atoms with Crippen LogP contribution in [0.15, 0.2) is 30.5 Å². The van der Waals surface area contributed by atoms with Crippen LogP contribution >= 0.6 is 0 Å². The molecule has 19 heavy (non-hydrogen) atoms. The Morgan fingerprint density at radius 1 is 1.21 bits per heavy atom. The standard InChI is InChI=1S/C16H20N2O/c1-12-3-4-16-13(9-12)10-14(11-17-16)18-7-5-15(19-2)6-8-18/h3-4,9-11,15H,5-8H2,1-2H3. The molecule has 1 aliphatic heterocycles. The van der Waals surface area contributed by atoms with Gasteiger partial charge in [0.1, 0.15) is 0 Å². The van der Waals surface area contributed by atoms with E-state index in [0.29, 0.717) is 6.10 Å². The van der Waals surface area contributed by atoms with Crippen LogP contribution < -0.4 is 4.90 Å². The summed E-state index contributed by atoms with van der Waals surface area (Å²) in [6.07, 6.45) is 4.61. The van der Waals surface area contributed by atoms with Crippen molar-refractivity contribution in [1.82, 2.24) is 4.98 Å². The third-order valence-electron chi connectivity index (χ3n) is 3.96.